The molecule has 17 heavy (non-hydrogen) atoms. The smallest absolute Gasteiger partial charge is 0.118 e. The molecule has 4 bridgehead atoms. The van der Waals surface area contributed by atoms with E-state index in [4.69, 9.17) is 0 Å². The molecule has 3 aliphatic rings. The Labute approximate surface area is 114 Å². The molecule has 2 fully saturated rings. The summed E-state index contributed by atoms with van der Waals surface area (Å²) in [5, 5.41) is 13.5. The van der Waals surface area contributed by atoms with E-state index in [2.05, 4.69) is 45.6 Å². The van der Waals surface area contributed by atoms with E-state index in [1.807, 2.05) is 0 Å². The molecule has 5 unspecified atom stereocenters. The SMILES string of the molecule is OC1(c2cccs2)C2CCC1(Br)C1C=CC2C1. The van der Waals surface area contributed by atoms with Crippen molar-refractivity contribution in [2.24, 2.45) is 17.8 Å². The quantitative estimate of drug-likeness (QED) is 0.619. The zero-order chi connectivity index (χ0) is 11.7. The van der Waals surface area contributed by atoms with E-state index >= 15 is 0 Å². The fraction of sp³-hybridized carbons (Fsp3) is 0.571. The standard InChI is InChI=1S/C14H15BrOS/c15-13-6-5-11(9-3-4-10(13)8-9)14(13,16)12-2-1-7-17-12/h1-4,7,9-11,16H,5-6,8H2. The number of rotatable bonds is 1. The van der Waals surface area contributed by atoms with Gasteiger partial charge in [-0.3, -0.25) is 0 Å². The Morgan fingerprint density at radius 2 is 2.29 bits per heavy atom. The van der Waals surface area contributed by atoms with Crippen LogP contribution in [-0.2, 0) is 5.60 Å². The summed E-state index contributed by atoms with van der Waals surface area (Å²) in [5.74, 6) is 1.48. The van der Waals surface area contributed by atoms with Crippen molar-refractivity contribution in [2.75, 3.05) is 0 Å². The van der Waals surface area contributed by atoms with E-state index in [0.717, 1.165) is 17.7 Å². The summed E-state index contributed by atoms with van der Waals surface area (Å²) in [5.41, 5.74) is -0.655. The molecule has 0 aromatic carbocycles. The zero-order valence-corrected chi connectivity index (χ0v) is 11.9. The Balaban J connectivity index is 1.93. The molecule has 1 aromatic heterocycles. The lowest BCUT2D eigenvalue weighted by atomic mass is 9.67. The monoisotopic (exact) mass is 310 g/mol. The maximum atomic E-state index is 11.4. The molecule has 2 saturated carbocycles. The van der Waals surface area contributed by atoms with Gasteiger partial charge in [0.1, 0.15) is 5.60 Å². The predicted molar refractivity (Wildman–Crippen MR) is 73.3 cm³/mol. The van der Waals surface area contributed by atoms with E-state index in [9.17, 15) is 5.11 Å². The minimum absolute atomic E-state index is 0.126. The summed E-state index contributed by atoms with van der Waals surface area (Å²) < 4.78 is -0.126. The number of fused-ring (bicyclic) bond motifs is 6. The Kier molecular flexibility index (Phi) is 2.06. The first-order valence-electron chi connectivity index (χ1n) is 6.30. The molecule has 5 atom stereocenters. The first-order valence-corrected chi connectivity index (χ1v) is 7.97. The van der Waals surface area contributed by atoms with Crippen molar-refractivity contribution in [3.05, 3.63) is 34.5 Å². The Morgan fingerprint density at radius 1 is 1.41 bits per heavy atom. The molecule has 1 N–H and O–H groups in total. The molecule has 90 valence electrons. The minimum Gasteiger partial charge on any atom is -0.383 e. The van der Waals surface area contributed by atoms with Gasteiger partial charge in [0, 0.05) is 10.8 Å². The van der Waals surface area contributed by atoms with Gasteiger partial charge in [0.05, 0.1) is 4.32 Å². The zero-order valence-electron chi connectivity index (χ0n) is 9.47. The number of alkyl halides is 1. The van der Waals surface area contributed by atoms with Crippen molar-refractivity contribution in [3.8, 4) is 0 Å². The third-order valence-corrected chi connectivity index (χ3v) is 7.69. The van der Waals surface area contributed by atoms with Crippen molar-refractivity contribution in [2.45, 2.75) is 29.2 Å². The first-order chi connectivity index (χ1) is 8.16. The van der Waals surface area contributed by atoms with Gasteiger partial charge in [-0.05, 0) is 42.5 Å². The van der Waals surface area contributed by atoms with E-state index in [1.54, 1.807) is 11.3 Å². The van der Waals surface area contributed by atoms with Gasteiger partial charge >= 0.3 is 0 Å². The summed E-state index contributed by atoms with van der Waals surface area (Å²) in [6, 6.07) is 4.15. The van der Waals surface area contributed by atoms with Gasteiger partial charge in [-0.1, -0.05) is 34.1 Å². The lowest BCUT2D eigenvalue weighted by Gasteiger charge is -2.48. The largest absolute Gasteiger partial charge is 0.383 e. The molecule has 1 nitrogen and oxygen atoms in total. The molecular formula is C14H15BrOS. The van der Waals surface area contributed by atoms with Gasteiger partial charge in [0.25, 0.3) is 0 Å². The number of hydrogen-bond donors (Lipinski definition) is 1. The van der Waals surface area contributed by atoms with Crippen LogP contribution in [-0.4, -0.2) is 9.43 Å². The average molecular weight is 311 g/mol. The van der Waals surface area contributed by atoms with E-state index in [0.29, 0.717) is 17.8 Å². The Morgan fingerprint density at radius 3 is 3.06 bits per heavy atom. The second-order valence-corrected chi connectivity index (χ2v) is 8.01. The molecule has 3 heteroatoms. The van der Waals surface area contributed by atoms with Gasteiger partial charge < -0.3 is 5.11 Å². The van der Waals surface area contributed by atoms with Gasteiger partial charge in [0.2, 0.25) is 0 Å². The highest BCUT2D eigenvalue weighted by Crippen LogP contribution is 2.68. The fourth-order valence-electron chi connectivity index (χ4n) is 4.31. The van der Waals surface area contributed by atoms with Gasteiger partial charge in [-0.2, -0.15) is 0 Å². The van der Waals surface area contributed by atoms with E-state index < -0.39 is 5.60 Å². The van der Waals surface area contributed by atoms with E-state index in [-0.39, 0.29) is 4.32 Å². The first kappa shape index (κ1) is 10.8. The number of halogens is 1. The second-order valence-electron chi connectivity index (χ2n) is 5.64. The lowest BCUT2D eigenvalue weighted by molar-refractivity contribution is -0.0680. The highest BCUT2D eigenvalue weighted by molar-refractivity contribution is 9.10. The lowest BCUT2D eigenvalue weighted by Crippen LogP contribution is -2.54. The minimum atomic E-state index is -0.655. The number of thiophene rings is 1. The Hall–Kier alpha value is -0.120. The van der Waals surface area contributed by atoms with Crippen molar-refractivity contribution >= 4 is 27.3 Å². The van der Waals surface area contributed by atoms with Crippen LogP contribution in [0.1, 0.15) is 24.1 Å². The molecule has 1 heterocycles. The van der Waals surface area contributed by atoms with Gasteiger partial charge in [-0.25, -0.2) is 0 Å². The molecule has 4 rings (SSSR count). The van der Waals surface area contributed by atoms with Crippen molar-refractivity contribution < 1.29 is 5.11 Å². The number of allylic oxidation sites excluding steroid dienone is 2. The van der Waals surface area contributed by atoms with Crippen LogP contribution in [0.2, 0.25) is 0 Å². The third kappa shape index (κ3) is 1.09. The van der Waals surface area contributed by atoms with Crippen LogP contribution in [0.4, 0.5) is 0 Å². The van der Waals surface area contributed by atoms with Gasteiger partial charge in [0.15, 0.2) is 0 Å². The summed E-state index contributed by atoms with van der Waals surface area (Å²) in [6.07, 6.45) is 8.14. The van der Waals surface area contributed by atoms with Crippen LogP contribution < -0.4 is 0 Å². The molecule has 3 aliphatic carbocycles. The number of hydrogen-bond acceptors (Lipinski definition) is 2. The Bertz CT molecular complexity index is 482. The van der Waals surface area contributed by atoms with Crippen LogP contribution >= 0.6 is 27.3 Å². The molecule has 0 spiro atoms. The molecule has 0 saturated heterocycles. The van der Waals surface area contributed by atoms with Crippen LogP contribution in [0.3, 0.4) is 0 Å². The fourth-order valence-corrected chi connectivity index (χ4v) is 6.49. The maximum absolute atomic E-state index is 11.4. The molecule has 0 radical (unpaired) electrons. The van der Waals surface area contributed by atoms with E-state index in [1.165, 1.54) is 6.42 Å². The third-order valence-electron chi connectivity index (χ3n) is 5.11. The second kappa shape index (κ2) is 3.25. The van der Waals surface area contributed by atoms with Crippen molar-refractivity contribution in [1.29, 1.82) is 0 Å². The summed E-state index contributed by atoms with van der Waals surface area (Å²) in [7, 11) is 0. The van der Waals surface area contributed by atoms with Crippen LogP contribution in [0.5, 0.6) is 0 Å². The number of aliphatic hydroxyl groups is 1. The summed E-state index contributed by atoms with van der Waals surface area (Å²) >= 11 is 5.64. The molecular weight excluding hydrogens is 296 g/mol. The summed E-state index contributed by atoms with van der Waals surface area (Å²) in [6.45, 7) is 0. The highest BCUT2D eigenvalue weighted by Gasteiger charge is 2.68. The molecule has 1 aromatic rings. The van der Waals surface area contributed by atoms with Crippen molar-refractivity contribution in [3.63, 3.8) is 0 Å². The normalized spacial score (nSPS) is 51.1. The van der Waals surface area contributed by atoms with Crippen LogP contribution in [0, 0.1) is 17.8 Å². The van der Waals surface area contributed by atoms with Crippen molar-refractivity contribution in [1.82, 2.24) is 0 Å². The summed E-state index contributed by atoms with van der Waals surface area (Å²) in [4.78, 5) is 1.15. The highest BCUT2D eigenvalue weighted by atomic mass is 79.9. The topological polar surface area (TPSA) is 20.2 Å². The molecule has 0 aliphatic heterocycles. The van der Waals surface area contributed by atoms with Crippen LogP contribution in [0.25, 0.3) is 0 Å². The molecule has 0 amide bonds. The maximum Gasteiger partial charge on any atom is 0.118 e. The van der Waals surface area contributed by atoms with Crippen LogP contribution in [0.15, 0.2) is 29.7 Å². The average Bonchev–Trinajstić information content (AvgIpc) is 2.97. The van der Waals surface area contributed by atoms with Gasteiger partial charge in [-0.15, -0.1) is 11.3 Å². The predicted octanol–water partition coefficient (Wildman–Crippen LogP) is 3.69.